The molecule has 1 rings (SSSR count). The van der Waals surface area contributed by atoms with Crippen LogP contribution in [0.4, 0.5) is 0 Å². The number of ether oxygens (including phenoxy) is 1. The van der Waals surface area contributed by atoms with Gasteiger partial charge in [0.05, 0.1) is 0 Å². The highest BCUT2D eigenvalue weighted by Gasteiger charge is 2.41. The van der Waals surface area contributed by atoms with Crippen molar-refractivity contribution in [3.63, 3.8) is 0 Å². The largest absolute Gasteiger partial charge is 0.461 e. The minimum atomic E-state index is -0.190. The minimum Gasteiger partial charge on any atom is -0.461 e. The van der Waals surface area contributed by atoms with Gasteiger partial charge in [-0.1, -0.05) is 0 Å². The predicted molar refractivity (Wildman–Crippen MR) is 69.9 cm³/mol. The minimum absolute atomic E-state index is 0.0378. The van der Waals surface area contributed by atoms with Gasteiger partial charge in [0, 0.05) is 24.5 Å². The third-order valence-corrected chi connectivity index (χ3v) is 3.85. The number of carbonyl (C=O) groups excluding carboxylic acids is 1. The Bertz CT molecular complexity index is 268. The molecule has 0 aliphatic carbocycles. The number of hydrogen-bond donors (Lipinski definition) is 0. The molecule has 1 aliphatic heterocycles. The van der Waals surface area contributed by atoms with Gasteiger partial charge in [-0.3, -0.25) is 9.69 Å². The number of piperidine rings is 1. The van der Waals surface area contributed by atoms with Crippen molar-refractivity contribution in [2.75, 3.05) is 6.54 Å². The van der Waals surface area contributed by atoms with Crippen molar-refractivity contribution in [1.29, 1.82) is 0 Å². The third-order valence-electron chi connectivity index (χ3n) is 3.85. The zero-order valence-electron chi connectivity index (χ0n) is 12.2. The van der Waals surface area contributed by atoms with E-state index in [9.17, 15) is 4.79 Å². The van der Waals surface area contributed by atoms with E-state index in [1.54, 1.807) is 0 Å². The first-order valence-electron chi connectivity index (χ1n) is 6.60. The van der Waals surface area contributed by atoms with E-state index in [1.807, 2.05) is 6.92 Å². The molecule has 17 heavy (non-hydrogen) atoms. The Morgan fingerprint density at radius 1 is 1.24 bits per heavy atom. The molecule has 0 N–H and O–H groups in total. The van der Waals surface area contributed by atoms with Gasteiger partial charge in [-0.2, -0.15) is 0 Å². The van der Waals surface area contributed by atoms with E-state index in [-0.39, 0.29) is 23.2 Å². The van der Waals surface area contributed by atoms with Crippen LogP contribution in [0.1, 0.15) is 60.8 Å². The fourth-order valence-electron chi connectivity index (χ4n) is 3.11. The molecule has 0 aromatic carbocycles. The zero-order chi connectivity index (χ0) is 13.3. The van der Waals surface area contributed by atoms with Gasteiger partial charge in [0.1, 0.15) is 6.10 Å². The van der Waals surface area contributed by atoms with Crippen LogP contribution in [0, 0.1) is 0 Å². The van der Waals surface area contributed by atoms with Crippen LogP contribution in [-0.2, 0) is 9.53 Å². The average Bonchev–Trinajstić information content (AvgIpc) is 2.09. The fraction of sp³-hybridized carbons (Fsp3) is 0.929. The lowest BCUT2D eigenvalue weighted by atomic mass is 9.79. The van der Waals surface area contributed by atoms with Gasteiger partial charge in [-0.05, 0) is 53.9 Å². The van der Waals surface area contributed by atoms with Crippen LogP contribution in [0.25, 0.3) is 0 Å². The van der Waals surface area contributed by atoms with Crippen molar-refractivity contribution in [3.8, 4) is 0 Å². The highest BCUT2D eigenvalue weighted by atomic mass is 16.5. The summed E-state index contributed by atoms with van der Waals surface area (Å²) in [7, 11) is 0. The van der Waals surface area contributed by atoms with E-state index in [1.165, 1.54) is 26.2 Å². The zero-order valence-corrected chi connectivity index (χ0v) is 12.2. The summed E-state index contributed by atoms with van der Waals surface area (Å²) in [6.07, 6.45) is 3.66. The van der Waals surface area contributed by atoms with E-state index in [0.717, 1.165) is 6.54 Å². The van der Waals surface area contributed by atoms with Crippen LogP contribution >= 0.6 is 0 Å². The molecule has 0 spiro atoms. The van der Waals surface area contributed by atoms with Crippen molar-refractivity contribution in [2.24, 2.45) is 0 Å². The molecule has 0 radical (unpaired) electrons. The average molecular weight is 241 g/mol. The predicted octanol–water partition coefficient (Wildman–Crippen LogP) is 2.98. The van der Waals surface area contributed by atoms with Crippen LogP contribution in [0.15, 0.2) is 0 Å². The molecular formula is C14H27NO2. The summed E-state index contributed by atoms with van der Waals surface area (Å²) in [6.45, 7) is 13.4. The molecule has 1 unspecified atom stereocenters. The summed E-state index contributed by atoms with van der Waals surface area (Å²) in [5.41, 5.74) is 0.381. The molecule has 1 fully saturated rings. The standard InChI is InChI=1S/C14H27NO2/c1-11(17-12(2)16)10-15-13(3,4)8-7-9-14(15,5)6/h11H,7-10H2,1-6H3. The summed E-state index contributed by atoms with van der Waals surface area (Å²) >= 11 is 0. The van der Waals surface area contributed by atoms with E-state index in [0.29, 0.717) is 0 Å². The lowest BCUT2D eigenvalue weighted by Crippen LogP contribution is -2.60. The summed E-state index contributed by atoms with van der Waals surface area (Å²) in [5.74, 6) is -0.190. The molecule has 1 atom stereocenters. The van der Waals surface area contributed by atoms with Gasteiger partial charge < -0.3 is 4.74 Å². The normalized spacial score (nSPS) is 25.3. The van der Waals surface area contributed by atoms with E-state index in [4.69, 9.17) is 4.74 Å². The van der Waals surface area contributed by atoms with Crippen LogP contribution in [0.5, 0.6) is 0 Å². The Morgan fingerprint density at radius 3 is 2.12 bits per heavy atom. The summed E-state index contributed by atoms with van der Waals surface area (Å²) < 4.78 is 5.26. The van der Waals surface area contributed by atoms with Crippen molar-refractivity contribution in [2.45, 2.75) is 78.0 Å². The van der Waals surface area contributed by atoms with E-state index in [2.05, 4.69) is 32.6 Å². The van der Waals surface area contributed by atoms with Gasteiger partial charge in [-0.25, -0.2) is 0 Å². The first kappa shape index (κ1) is 14.5. The first-order chi connectivity index (χ1) is 7.65. The monoisotopic (exact) mass is 241 g/mol. The lowest BCUT2D eigenvalue weighted by molar-refractivity contribution is -0.149. The van der Waals surface area contributed by atoms with Gasteiger partial charge in [0.15, 0.2) is 0 Å². The van der Waals surface area contributed by atoms with Crippen LogP contribution in [0.3, 0.4) is 0 Å². The molecule has 3 heteroatoms. The maximum Gasteiger partial charge on any atom is 0.302 e. The van der Waals surface area contributed by atoms with Gasteiger partial charge >= 0.3 is 5.97 Å². The van der Waals surface area contributed by atoms with Crippen molar-refractivity contribution >= 4 is 5.97 Å². The molecule has 0 amide bonds. The second-order valence-corrected chi connectivity index (χ2v) is 6.51. The third kappa shape index (κ3) is 3.70. The second kappa shape index (κ2) is 4.97. The molecule has 1 aliphatic rings. The van der Waals surface area contributed by atoms with Crippen LogP contribution < -0.4 is 0 Å². The Kier molecular flexibility index (Phi) is 4.23. The van der Waals surface area contributed by atoms with Crippen LogP contribution in [-0.4, -0.2) is 34.6 Å². The molecule has 3 nitrogen and oxygen atoms in total. The second-order valence-electron chi connectivity index (χ2n) is 6.51. The fourth-order valence-corrected chi connectivity index (χ4v) is 3.11. The van der Waals surface area contributed by atoms with E-state index < -0.39 is 0 Å². The van der Waals surface area contributed by atoms with Gasteiger partial charge in [0.2, 0.25) is 0 Å². The topological polar surface area (TPSA) is 29.5 Å². The number of rotatable bonds is 3. The van der Waals surface area contributed by atoms with E-state index >= 15 is 0 Å². The summed E-state index contributed by atoms with van der Waals surface area (Å²) in [5, 5.41) is 0. The van der Waals surface area contributed by atoms with Gasteiger partial charge in [-0.15, -0.1) is 0 Å². The highest BCUT2D eigenvalue weighted by Crippen LogP contribution is 2.38. The summed E-state index contributed by atoms with van der Waals surface area (Å²) in [6, 6.07) is 0. The number of nitrogens with zero attached hydrogens (tertiary/aromatic N) is 1. The molecule has 0 bridgehead atoms. The number of likely N-dealkylation sites (tertiary alicyclic amines) is 1. The van der Waals surface area contributed by atoms with Crippen molar-refractivity contribution in [3.05, 3.63) is 0 Å². The maximum absolute atomic E-state index is 11.0. The molecule has 0 saturated carbocycles. The smallest absolute Gasteiger partial charge is 0.302 e. The quantitative estimate of drug-likeness (QED) is 0.711. The SMILES string of the molecule is CC(=O)OC(C)CN1C(C)(C)CCCC1(C)C. The molecule has 0 aromatic rings. The Hall–Kier alpha value is -0.570. The molecule has 0 aromatic heterocycles. The molecular weight excluding hydrogens is 214 g/mol. The first-order valence-corrected chi connectivity index (χ1v) is 6.60. The molecule has 1 heterocycles. The van der Waals surface area contributed by atoms with Crippen LogP contribution in [0.2, 0.25) is 0 Å². The number of esters is 1. The van der Waals surface area contributed by atoms with Crippen molar-refractivity contribution < 1.29 is 9.53 Å². The highest BCUT2D eigenvalue weighted by molar-refractivity contribution is 5.66. The van der Waals surface area contributed by atoms with Crippen molar-refractivity contribution in [1.82, 2.24) is 4.90 Å². The van der Waals surface area contributed by atoms with Gasteiger partial charge in [0.25, 0.3) is 0 Å². The Balaban J connectivity index is 2.73. The molecule has 1 saturated heterocycles. The summed E-state index contributed by atoms with van der Waals surface area (Å²) in [4.78, 5) is 13.5. The lowest BCUT2D eigenvalue weighted by Gasteiger charge is -2.53. The number of hydrogen-bond acceptors (Lipinski definition) is 3. The Morgan fingerprint density at radius 2 is 1.71 bits per heavy atom. The molecule has 100 valence electrons. The number of carbonyl (C=O) groups is 1. The Labute approximate surface area is 106 Å². The maximum atomic E-state index is 11.0.